The summed E-state index contributed by atoms with van der Waals surface area (Å²) in [7, 11) is -2.72. The molecule has 1 aliphatic carbocycles. The molecular weight excluding hydrogens is 348 g/mol. The fourth-order valence-electron chi connectivity index (χ4n) is 4.02. The Hall–Kier alpha value is -1.42. The van der Waals surface area contributed by atoms with E-state index < -0.39 is 8.56 Å². The van der Waals surface area contributed by atoms with Crippen LogP contribution in [0.4, 0.5) is 0 Å². The van der Waals surface area contributed by atoms with Crippen molar-refractivity contribution in [1.82, 2.24) is 0 Å². The third-order valence-electron chi connectivity index (χ3n) is 5.99. The largest absolute Gasteiger partial charge is 0.407 e. The monoisotopic (exact) mass is 382 g/mol. The van der Waals surface area contributed by atoms with E-state index in [0.29, 0.717) is 5.92 Å². The summed E-state index contributed by atoms with van der Waals surface area (Å²) >= 11 is 0. The van der Waals surface area contributed by atoms with Crippen LogP contribution in [0.3, 0.4) is 0 Å². The van der Waals surface area contributed by atoms with E-state index in [9.17, 15) is 0 Å². The second-order valence-electron chi connectivity index (χ2n) is 8.06. The van der Waals surface area contributed by atoms with Crippen LogP contribution in [0.2, 0.25) is 0 Å². The lowest BCUT2D eigenvalue weighted by Crippen LogP contribution is -2.65. The highest BCUT2D eigenvalue weighted by Crippen LogP contribution is 2.32. The molecule has 1 fully saturated rings. The fraction of sp³-hybridized carbons (Fsp3) is 0.500. The summed E-state index contributed by atoms with van der Waals surface area (Å²) in [5, 5.41) is 2.44. The quantitative estimate of drug-likeness (QED) is 0.477. The van der Waals surface area contributed by atoms with Crippen LogP contribution in [0.5, 0.6) is 0 Å². The normalized spacial score (nSPS) is 23.3. The molecule has 0 spiro atoms. The third kappa shape index (κ3) is 4.90. The molecule has 3 atom stereocenters. The molecular formula is C24H34O2Si. The fourth-order valence-corrected chi connectivity index (χ4v) is 7.40. The molecule has 1 aliphatic rings. The Balaban J connectivity index is 1.97. The van der Waals surface area contributed by atoms with E-state index in [2.05, 4.69) is 81.4 Å². The van der Waals surface area contributed by atoms with Crippen molar-refractivity contribution in [2.24, 2.45) is 11.8 Å². The minimum atomic E-state index is -2.72. The minimum Gasteiger partial charge on any atom is -0.388 e. The number of benzene rings is 2. The topological polar surface area (TPSA) is 18.5 Å². The molecule has 146 valence electrons. The number of unbranched alkanes of at least 4 members (excludes halogenated alkanes) is 1. The average molecular weight is 383 g/mol. The molecule has 3 rings (SSSR count). The van der Waals surface area contributed by atoms with E-state index >= 15 is 0 Å². The molecule has 3 heteroatoms. The molecule has 0 aliphatic heterocycles. The molecule has 0 bridgehead atoms. The Bertz CT molecular complexity index is 634. The lowest BCUT2D eigenvalue weighted by Gasteiger charge is -2.39. The van der Waals surface area contributed by atoms with Gasteiger partial charge in [0.1, 0.15) is 0 Å². The molecule has 1 saturated carbocycles. The molecule has 3 unspecified atom stereocenters. The highest BCUT2D eigenvalue weighted by atomic mass is 28.4. The van der Waals surface area contributed by atoms with E-state index in [-0.39, 0.29) is 6.10 Å². The maximum absolute atomic E-state index is 7.03. The summed E-state index contributed by atoms with van der Waals surface area (Å²) in [6, 6.07) is 21.4. The van der Waals surface area contributed by atoms with Crippen LogP contribution in [-0.2, 0) is 8.85 Å². The summed E-state index contributed by atoms with van der Waals surface area (Å²) in [5.41, 5.74) is 0. The molecule has 0 amide bonds. The second-order valence-corrected chi connectivity index (χ2v) is 11.0. The van der Waals surface area contributed by atoms with Gasteiger partial charge in [0.2, 0.25) is 0 Å². The van der Waals surface area contributed by atoms with Gasteiger partial charge in [0.15, 0.2) is 0 Å². The predicted octanol–water partition coefficient (Wildman–Crippen LogP) is 4.90. The summed E-state index contributed by atoms with van der Waals surface area (Å²) in [5.74, 6) is 1.49. The molecule has 0 aromatic heterocycles. The Morgan fingerprint density at radius 1 is 0.852 bits per heavy atom. The van der Waals surface area contributed by atoms with Gasteiger partial charge in [0.05, 0.1) is 0 Å². The van der Waals surface area contributed by atoms with E-state index in [4.69, 9.17) is 8.85 Å². The molecule has 0 saturated heterocycles. The number of hydrogen-bond acceptors (Lipinski definition) is 2. The van der Waals surface area contributed by atoms with Crippen molar-refractivity contribution in [2.75, 3.05) is 6.61 Å². The van der Waals surface area contributed by atoms with Crippen molar-refractivity contribution in [2.45, 2.75) is 59.0 Å². The van der Waals surface area contributed by atoms with Crippen LogP contribution >= 0.6 is 0 Å². The van der Waals surface area contributed by atoms with Crippen molar-refractivity contribution in [3.05, 3.63) is 60.7 Å². The summed E-state index contributed by atoms with van der Waals surface area (Å²) < 4.78 is 13.8. The molecule has 27 heavy (non-hydrogen) atoms. The standard InChI is InChI=1S/C24H34O2Si/c1-4-5-18-25-27(23-12-8-6-9-13-23,24-14-10-7-11-15-24)26-22-17-16-20(2)21(3)19-22/h6-15,20-22H,4-5,16-19H2,1-3H3. The first-order valence-electron chi connectivity index (χ1n) is 10.6. The van der Waals surface area contributed by atoms with Crippen molar-refractivity contribution in [3.8, 4) is 0 Å². The number of rotatable bonds is 8. The average Bonchev–Trinajstić information content (AvgIpc) is 2.71. The summed E-state index contributed by atoms with van der Waals surface area (Å²) in [4.78, 5) is 0. The van der Waals surface area contributed by atoms with Gasteiger partial charge in [0, 0.05) is 12.7 Å². The van der Waals surface area contributed by atoms with Gasteiger partial charge < -0.3 is 8.85 Å². The molecule has 2 aromatic carbocycles. The van der Waals surface area contributed by atoms with Crippen molar-refractivity contribution >= 4 is 18.9 Å². The van der Waals surface area contributed by atoms with Crippen molar-refractivity contribution in [1.29, 1.82) is 0 Å². The molecule has 2 aromatic rings. The Morgan fingerprint density at radius 2 is 1.44 bits per heavy atom. The second kappa shape index (κ2) is 9.68. The van der Waals surface area contributed by atoms with Crippen LogP contribution in [0.25, 0.3) is 0 Å². The molecule has 0 N–H and O–H groups in total. The van der Waals surface area contributed by atoms with Gasteiger partial charge in [-0.3, -0.25) is 0 Å². The Kier molecular flexibility index (Phi) is 7.28. The summed E-state index contributed by atoms with van der Waals surface area (Å²) in [6.45, 7) is 7.71. The van der Waals surface area contributed by atoms with Crippen LogP contribution in [-0.4, -0.2) is 21.3 Å². The van der Waals surface area contributed by atoms with Crippen molar-refractivity contribution in [3.63, 3.8) is 0 Å². The maximum atomic E-state index is 7.03. The van der Waals surface area contributed by atoms with Gasteiger partial charge in [-0.2, -0.15) is 0 Å². The van der Waals surface area contributed by atoms with E-state index in [1.807, 2.05) is 0 Å². The Morgan fingerprint density at radius 3 is 1.96 bits per heavy atom. The van der Waals surface area contributed by atoms with Crippen LogP contribution in [0.15, 0.2) is 60.7 Å². The lowest BCUT2D eigenvalue weighted by atomic mass is 9.80. The molecule has 2 nitrogen and oxygen atoms in total. The zero-order chi connectivity index (χ0) is 19.1. The van der Waals surface area contributed by atoms with Crippen LogP contribution < -0.4 is 10.4 Å². The van der Waals surface area contributed by atoms with E-state index in [0.717, 1.165) is 38.2 Å². The zero-order valence-corrected chi connectivity index (χ0v) is 18.1. The minimum absolute atomic E-state index is 0.282. The first-order valence-corrected chi connectivity index (χ1v) is 12.4. The van der Waals surface area contributed by atoms with E-state index in [1.165, 1.54) is 16.8 Å². The highest BCUT2D eigenvalue weighted by Gasteiger charge is 2.45. The third-order valence-corrected chi connectivity index (χ3v) is 9.46. The van der Waals surface area contributed by atoms with Gasteiger partial charge in [-0.05, 0) is 47.9 Å². The Labute approximate surface area is 166 Å². The first kappa shape index (κ1) is 20.3. The maximum Gasteiger partial charge on any atom is 0.407 e. The molecule has 0 heterocycles. The number of hydrogen-bond donors (Lipinski definition) is 0. The van der Waals surface area contributed by atoms with Gasteiger partial charge in [0.25, 0.3) is 0 Å². The predicted molar refractivity (Wildman–Crippen MR) is 116 cm³/mol. The smallest absolute Gasteiger partial charge is 0.388 e. The van der Waals surface area contributed by atoms with E-state index in [1.54, 1.807) is 0 Å². The van der Waals surface area contributed by atoms with Crippen LogP contribution in [0, 0.1) is 11.8 Å². The summed E-state index contributed by atoms with van der Waals surface area (Å²) in [6.07, 6.45) is 5.99. The van der Waals surface area contributed by atoms with Gasteiger partial charge >= 0.3 is 8.56 Å². The van der Waals surface area contributed by atoms with Crippen LogP contribution in [0.1, 0.15) is 52.9 Å². The van der Waals surface area contributed by atoms with Gasteiger partial charge in [-0.15, -0.1) is 0 Å². The SMILES string of the molecule is CCCCO[Si](OC1CCC(C)C(C)C1)(c1ccccc1)c1ccccc1. The van der Waals surface area contributed by atoms with Gasteiger partial charge in [-0.1, -0.05) is 87.9 Å². The van der Waals surface area contributed by atoms with Crippen molar-refractivity contribution < 1.29 is 8.85 Å². The van der Waals surface area contributed by atoms with Gasteiger partial charge in [-0.25, -0.2) is 0 Å². The zero-order valence-electron chi connectivity index (χ0n) is 17.1. The lowest BCUT2D eigenvalue weighted by molar-refractivity contribution is 0.0662. The molecule has 0 radical (unpaired) electrons. The highest BCUT2D eigenvalue weighted by molar-refractivity contribution is 6.92. The first-order chi connectivity index (χ1) is 13.2.